The number of nitrogens with zero attached hydrogens (tertiary/aromatic N) is 1. The van der Waals surface area contributed by atoms with Crippen molar-refractivity contribution < 1.29 is 27.5 Å². The molecule has 2 atom stereocenters. The van der Waals surface area contributed by atoms with Gasteiger partial charge in [0.2, 0.25) is 16.8 Å². The third kappa shape index (κ3) is 3.83. The average Bonchev–Trinajstić information content (AvgIpc) is 3.30. The van der Waals surface area contributed by atoms with E-state index in [0.717, 1.165) is 35.7 Å². The van der Waals surface area contributed by atoms with Gasteiger partial charge in [-0.25, -0.2) is 13.2 Å². The van der Waals surface area contributed by atoms with E-state index in [2.05, 4.69) is 17.5 Å². The van der Waals surface area contributed by atoms with E-state index in [-0.39, 0.29) is 12.5 Å². The Labute approximate surface area is 151 Å². The molecule has 1 aliphatic heterocycles. The minimum absolute atomic E-state index is 0.204. The second-order valence-electron chi connectivity index (χ2n) is 6.59. The molecule has 2 heterocycles. The van der Waals surface area contributed by atoms with E-state index in [4.69, 9.17) is 9.52 Å². The zero-order valence-electron chi connectivity index (χ0n) is 14.3. The van der Waals surface area contributed by atoms with Gasteiger partial charge in [0.25, 0.3) is 10.0 Å². The fourth-order valence-electron chi connectivity index (χ4n) is 3.38. The Morgan fingerprint density at radius 3 is 2.73 bits per heavy atom. The predicted molar refractivity (Wildman–Crippen MR) is 92.1 cm³/mol. The number of aromatic carboxylic acids is 1. The summed E-state index contributed by atoms with van der Waals surface area (Å²) in [5.74, 6) is -1.73. The summed E-state index contributed by atoms with van der Waals surface area (Å²) in [4.78, 5) is 23.4. The summed E-state index contributed by atoms with van der Waals surface area (Å²) < 4.78 is 31.5. The van der Waals surface area contributed by atoms with Crippen LogP contribution in [0.15, 0.2) is 33.8 Å². The fourth-order valence-corrected chi connectivity index (χ4v) is 4.96. The summed E-state index contributed by atoms with van der Waals surface area (Å²) in [6.07, 6.45) is 8.14. The molecule has 0 radical (unpaired) electrons. The molecule has 0 spiro atoms. The number of furan rings is 1. The molecule has 26 heavy (non-hydrogen) atoms. The van der Waals surface area contributed by atoms with Crippen LogP contribution in [0.3, 0.4) is 0 Å². The summed E-state index contributed by atoms with van der Waals surface area (Å²) in [7, 11) is -4.06. The standard InChI is InChI=1S/C17H22N2O6S/c20-16(18-11-12-5-2-1-3-6-12)13-7-4-10-19(13)26(23,24)15-9-8-14(25-15)17(21)22/h1-2,8-9,12-13H,3-7,10-11H2,(H,18,20)(H,21,22). The molecule has 9 heteroatoms. The van der Waals surface area contributed by atoms with E-state index in [1.54, 1.807) is 0 Å². The molecule has 0 saturated carbocycles. The van der Waals surface area contributed by atoms with Crippen LogP contribution >= 0.6 is 0 Å². The van der Waals surface area contributed by atoms with Crippen molar-refractivity contribution in [2.24, 2.45) is 5.92 Å². The van der Waals surface area contributed by atoms with Crippen molar-refractivity contribution in [3.8, 4) is 0 Å². The number of allylic oxidation sites excluding steroid dienone is 2. The maximum Gasteiger partial charge on any atom is 0.371 e. The molecule has 1 fully saturated rings. The summed E-state index contributed by atoms with van der Waals surface area (Å²) in [5, 5.41) is 11.3. The molecule has 3 rings (SSSR count). The summed E-state index contributed by atoms with van der Waals surface area (Å²) in [6.45, 7) is 0.729. The maximum atomic E-state index is 12.7. The van der Waals surface area contributed by atoms with Crippen LogP contribution in [0, 0.1) is 5.92 Å². The minimum Gasteiger partial charge on any atom is -0.475 e. The van der Waals surface area contributed by atoms with Gasteiger partial charge in [-0.15, -0.1) is 0 Å². The smallest absolute Gasteiger partial charge is 0.371 e. The highest BCUT2D eigenvalue weighted by Gasteiger charge is 2.41. The number of carbonyl (C=O) groups excluding carboxylic acids is 1. The molecule has 1 saturated heterocycles. The Kier molecular flexibility index (Phi) is 5.47. The van der Waals surface area contributed by atoms with Crippen LogP contribution in [0.4, 0.5) is 0 Å². The Bertz CT molecular complexity index is 813. The van der Waals surface area contributed by atoms with Gasteiger partial charge in [0.15, 0.2) is 0 Å². The lowest BCUT2D eigenvalue weighted by atomic mass is 9.94. The molecule has 1 aliphatic carbocycles. The van der Waals surface area contributed by atoms with Crippen molar-refractivity contribution >= 4 is 21.9 Å². The van der Waals surface area contributed by atoms with Crippen LogP contribution in [0.25, 0.3) is 0 Å². The quantitative estimate of drug-likeness (QED) is 0.722. The Hall–Kier alpha value is -2.13. The highest BCUT2D eigenvalue weighted by molar-refractivity contribution is 7.89. The summed E-state index contributed by atoms with van der Waals surface area (Å²) >= 11 is 0. The number of carbonyl (C=O) groups is 2. The molecule has 0 aromatic carbocycles. The van der Waals surface area contributed by atoms with Gasteiger partial charge < -0.3 is 14.8 Å². The largest absolute Gasteiger partial charge is 0.475 e. The Balaban J connectivity index is 1.68. The van der Waals surface area contributed by atoms with Crippen molar-refractivity contribution in [1.82, 2.24) is 9.62 Å². The predicted octanol–water partition coefficient (Wildman–Crippen LogP) is 1.60. The van der Waals surface area contributed by atoms with Crippen molar-refractivity contribution in [2.45, 2.75) is 43.2 Å². The molecule has 0 bridgehead atoms. The Morgan fingerprint density at radius 2 is 2.08 bits per heavy atom. The topological polar surface area (TPSA) is 117 Å². The first kappa shape index (κ1) is 18.7. The van der Waals surface area contributed by atoms with E-state index in [0.29, 0.717) is 25.3 Å². The third-order valence-electron chi connectivity index (χ3n) is 4.80. The molecule has 1 aromatic heterocycles. The maximum absolute atomic E-state index is 12.7. The fraction of sp³-hybridized carbons (Fsp3) is 0.529. The van der Waals surface area contributed by atoms with Crippen LogP contribution in [-0.4, -0.2) is 48.8 Å². The molecule has 2 unspecified atom stereocenters. The molecular formula is C17H22N2O6S. The number of carboxylic acids is 1. The van der Waals surface area contributed by atoms with Gasteiger partial charge in [0, 0.05) is 13.1 Å². The zero-order chi connectivity index (χ0) is 18.7. The number of rotatable bonds is 6. The van der Waals surface area contributed by atoms with Gasteiger partial charge in [0.05, 0.1) is 0 Å². The lowest BCUT2D eigenvalue weighted by Gasteiger charge is -2.24. The molecule has 1 amide bonds. The van der Waals surface area contributed by atoms with E-state index >= 15 is 0 Å². The average molecular weight is 382 g/mol. The van der Waals surface area contributed by atoms with E-state index in [1.165, 1.54) is 0 Å². The van der Waals surface area contributed by atoms with Gasteiger partial charge in [0.1, 0.15) is 6.04 Å². The van der Waals surface area contributed by atoms with Crippen molar-refractivity contribution in [2.75, 3.05) is 13.1 Å². The molecule has 2 N–H and O–H groups in total. The van der Waals surface area contributed by atoms with Crippen LogP contribution in [0.1, 0.15) is 42.7 Å². The van der Waals surface area contributed by atoms with Crippen LogP contribution in [-0.2, 0) is 14.8 Å². The van der Waals surface area contributed by atoms with Gasteiger partial charge in [-0.3, -0.25) is 4.79 Å². The first-order chi connectivity index (χ1) is 12.4. The molecule has 2 aliphatic rings. The number of hydrogen-bond donors (Lipinski definition) is 2. The van der Waals surface area contributed by atoms with E-state index in [9.17, 15) is 18.0 Å². The van der Waals surface area contributed by atoms with Crippen molar-refractivity contribution in [3.63, 3.8) is 0 Å². The van der Waals surface area contributed by atoms with Crippen LogP contribution in [0.2, 0.25) is 0 Å². The molecule has 1 aromatic rings. The monoisotopic (exact) mass is 382 g/mol. The second-order valence-corrected chi connectivity index (χ2v) is 8.41. The second kappa shape index (κ2) is 7.63. The minimum atomic E-state index is -4.06. The van der Waals surface area contributed by atoms with E-state index < -0.39 is 32.9 Å². The van der Waals surface area contributed by atoms with Gasteiger partial charge in [-0.1, -0.05) is 12.2 Å². The van der Waals surface area contributed by atoms with Gasteiger partial charge in [-0.05, 0) is 50.2 Å². The van der Waals surface area contributed by atoms with Crippen LogP contribution in [0.5, 0.6) is 0 Å². The van der Waals surface area contributed by atoms with Gasteiger partial charge >= 0.3 is 5.97 Å². The first-order valence-electron chi connectivity index (χ1n) is 8.67. The Morgan fingerprint density at radius 1 is 1.27 bits per heavy atom. The van der Waals surface area contributed by atoms with Crippen molar-refractivity contribution in [1.29, 1.82) is 0 Å². The summed E-state index contributed by atoms with van der Waals surface area (Å²) in [6, 6.07) is 1.41. The number of carboxylic acid groups (broad SMARTS) is 1. The molecular weight excluding hydrogens is 360 g/mol. The molecule has 142 valence electrons. The summed E-state index contributed by atoms with van der Waals surface area (Å²) in [5.41, 5.74) is 0. The lowest BCUT2D eigenvalue weighted by molar-refractivity contribution is -0.124. The number of amides is 1. The zero-order valence-corrected chi connectivity index (χ0v) is 15.1. The molecule has 8 nitrogen and oxygen atoms in total. The number of sulfonamides is 1. The van der Waals surface area contributed by atoms with E-state index in [1.807, 2.05) is 0 Å². The van der Waals surface area contributed by atoms with Crippen LogP contribution < -0.4 is 5.32 Å². The number of hydrogen-bond acceptors (Lipinski definition) is 5. The highest BCUT2D eigenvalue weighted by Crippen LogP contribution is 2.27. The third-order valence-corrected chi connectivity index (χ3v) is 6.59. The first-order valence-corrected chi connectivity index (χ1v) is 10.1. The highest BCUT2D eigenvalue weighted by atomic mass is 32.2. The lowest BCUT2D eigenvalue weighted by Crippen LogP contribution is -2.46. The normalized spacial score (nSPS) is 23.8. The SMILES string of the molecule is O=C(O)c1ccc(S(=O)(=O)N2CCCC2C(=O)NCC2CC=CCC2)o1. The number of nitrogens with one attached hydrogen (secondary N) is 1. The van der Waals surface area contributed by atoms with Crippen molar-refractivity contribution in [3.05, 3.63) is 30.0 Å². The van der Waals surface area contributed by atoms with Gasteiger partial charge in [-0.2, -0.15) is 4.31 Å².